The molecule has 100 valence electrons. The Labute approximate surface area is 118 Å². The number of ketones is 1. The number of allylic oxidation sites excluding steroid dienone is 1. The van der Waals surface area contributed by atoms with Gasteiger partial charge in [0.15, 0.2) is 5.78 Å². The van der Waals surface area contributed by atoms with Gasteiger partial charge < -0.3 is 4.74 Å². The van der Waals surface area contributed by atoms with E-state index in [1.54, 1.807) is 7.11 Å². The van der Waals surface area contributed by atoms with Crippen LogP contribution in [-0.2, 0) is 6.42 Å². The Morgan fingerprint density at radius 1 is 1.00 bits per heavy atom. The number of Topliss-reactive ketones (excluding diaryl/α,β-unsaturated/α-hetero) is 1. The molecule has 0 bridgehead atoms. The summed E-state index contributed by atoms with van der Waals surface area (Å²) in [5, 5.41) is 0. The highest BCUT2D eigenvalue weighted by molar-refractivity contribution is 6.13. The SMILES string of the molecule is COc1cccc2c1CC/C(=C/c1ccccc1)C2=O. The number of ether oxygens (including phenoxy) is 1. The van der Waals surface area contributed by atoms with E-state index in [2.05, 4.69) is 0 Å². The van der Waals surface area contributed by atoms with Crippen molar-refractivity contribution in [1.82, 2.24) is 0 Å². The summed E-state index contributed by atoms with van der Waals surface area (Å²) >= 11 is 0. The van der Waals surface area contributed by atoms with Crippen LogP contribution in [0.2, 0.25) is 0 Å². The van der Waals surface area contributed by atoms with Gasteiger partial charge in [-0.1, -0.05) is 42.5 Å². The molecule has 2 heteroatoms. The van der Waals surface area contributed by atoms with Crippen LogP contribution >= 0.6 is 0 Å². The van der Waals surface area contributed by atoms with E-state index >= 15 is 0 Å². The molecule has 20 heavy (non-hydrogen) atoms. The molecule has 0 aromatic heterocycles. The number of fused-ring (bicyclic) bond motifs is 1. The van der Waals surface area contributed by atoms with Crippen molar-refractivity contribution in [3.8, 4) is 5.75 Å². The third-order valence-corrected chi connectivity index (χ3v) is 3.67. The van der Waals surface area contributed by atoms with E-state index in [1.165, 1.54) is 0 Å². The zero-order chi connectivity index (χ0) is 13.9. The Morgan fingerprint density at radius 3 is 2.55 bits per heavy atom. The van der Waals surface area contributed by atoms with Gasteiger partial charge in [-0.25, -0.2) is 0 Å². The maximum absolute atomic E-state index is 12.6. The molecule has 0 atom stereocenters. The molecule has 0 radical (unpaired) electrons. The first-order valence-electron chi connectivity index (χ1n) is 6.76. The van der Waals surface area contributed by atoms with Gasteiger partial charge in [0.05, 0.1) is 7.11 Å². The van der Waals surface area contributed by atoms with E-state index in [0.29, 0.717) is 0 Å². The Bertz CT molecular complexity index is 669. The number of methoxy groups -OCH3 is 1. The van der Waals surface area contributed by atoms with Crippen molar-refractivity contribution in [3.05, 3.63) is 70.8 Å². The van der Waals surface area contributed by atoms with Crippen molar-refractivity contribution >= 4 is 11.9 Å². The molecular formula is C18H16O2. The number of hydrogen-bond donors (Lipinski definition) is 0. The Morgan fingerprint density at radius 2 is 1.80 bits per heavy atom. The minimum atomic E-state index is 0.119. The predicted octanol–water partition coefficient (Wildman–Crippen LogP) is 3.91. The van der Waals surface area contributed by atoms with Crippen LogP contribution in [0.25, 0.3) is 6.08 Å². The van der Waals surface area contributed by atoms with Gasteiger partial charge in [-0.15, -0.1) is 0 Å². The van der Waals surface area contributed by atoms with Crippen molar-refractivity contribution < 1.29 is 9.53 Å². The summed E-state index contributed by atoms with van der Waals surface area (Å²) in [7, 11) is 1.65. The first-order chi connectivity index (χ1) is 9.79. The zero-order valence-corrected chi connectivity index (χ0v) is 11.4. The molecule has 1 aliphatic carbocycles. The van der Waals surface area contributed by atoms with Crippen LogP contribution in [0.1, 0.15) is 27.9 Å². The number of carbonyl (C=O) groups excluding carboxylic acids is 1. The van der Waals surface area contributed by atoms with Crippen molar-refractivity contribution in [3.63, 3.8) is 0 Å². The van der Waals surface area contributed by atoms with Gasteiger partial charge in [0.1, 0.15) is 5.75 Å². The Balaban J connectivity index is 2.00. The molecule has 0 unspecified atom stereocenters. The lowest BCUT2D eigenvalue weighted by Gasteiger charge is -2.19. The standard InChI is InChI=1S/C18H16O2/c1-20-17-9-5-8-16-15(17)11-10-14(18(16)19)12-13-6-3-2-4-7-13/h2-9,12H,10-11H2,1H3/b14-12-. The molecule has 0 amide bonds. The van der Waals surface area contributed by atoms with E-state index in [4.69, 9.17) is 4.74 Å². The van der Waals surface area contributed by atoms with Gasteiger partial charge in [-0.3, -0.25) is 4.79 Å². The summed E-state index contributed by atoms with van der Waals surface area (Å²) in [5.74, 6) is 0.934. The average molecular weight is 264 g/mol. The van der Waals surface area contributed by atoms with Crippen molar-refractivity contribution in [2.45, 2.75) is 12.8 Å². The summed E-state index contributed by atoms with van der Waals surface area (Å²) in [6.07, 6.45) is 3.61. The van der Waals surface area contributed by atoms with E-state index < -0.39 is 0 Å². The van der Waals surface area contributed by atoms with Crippen molar-refractivity contribution in [2.24, 2.45) is 0 Å². The zero-order valence-electron chi connectivity index (χ0n) is 11.4. The summed E-state index contributed by atoms with van der Waals surface area (Å²) in [6.45, 7) is 0. The van der Waals surface area contributed by atoms with Crippen LogP contribution in [0, 0.1) is 0 Å². The lowest BCUT2D eigenvalue weighted by Crippen LogP contribution is -2.15. The summed E-state index contributed by atoms with van der Waals surface area (Å²) in [4.78, 5) is 12.6. The second-order valence-corrected chi connectivity index (χ2v) is 4.90. The highest BCUT2D eigenvalue weighted by Gasteiger charge is 2.24. The first kappa shape index (κ1) is 12.7. The highest BCUT2D eigenvalue weighted by Crippen LogP contribution is 2.32. The average Bonchev–Trinajstić information content (AvgIpc) is 2.51. The maximum atomic E-state index is 12.6. The third-order valence-electron chi connectivity index (χ3n) is 3.67. The smallest absolute Gasteiger partial charge is 0.189 e. The predicted molar refractivity (Wildman–Crippen MR) is 80.1 cm³/mol. The number of carbonyl (C=O) groups is 1. The maximum Gasteiger partial charge on any atom is 0.189 e. The monoisotopic (exact) mass is 264 g/mol. The second kappa shape index (κ2) is 5.33. The lowest BCUT2D eigenvalue weighted by molar-refractivity contribution is 0.102. The van der Waals surface area contributed by atoms with Gasteiger partial charge in [0.2, 0.25) is 0 Å². The Hall–Kier alpha value is -2.35. The number of hydrogen-bond acceptors (Lipinski definition) is 2. The summed E-state index contributed by atoms with van der Waals surface area (Å²) < 4.78 is 5.34. The number of rotatable bonds is 2. The normalized spacial score (nSPS) is 16.1. The largest absolute Gasteiger partial charge is 0.496 e. The highest BCUT2D eigenvalue weighted by atomic mass is 16.5. The van der Waals surface area contributed by atoms with E-state index in [0.717, 1.165) is 40.9 Å². The molecule has 0 spiro atoms. The van der Waals surface area contributed by atoms with Gasteiger partial charge >= 0.3 is 0 Å². The van der Waals surface area contributed by atoms with Gasteiger partial charge in [0, 0.05) is 16.7 Å². The second-order valence-electron chi connectivity index (χ2n) is 4.90. The molecule has 2 nitrogen and oxygen atoms in total. The molecule has 3 rings (SSSR count). The van der Waals surface area contributed by atoms with Gasteiger partial charge in [0.25, 0.3) is 0 Å². The van der Waals surface area contributed by atoms with Crippen LogP contribution in [0.3, 0.4) is 0 Å². The van der Waals surface area contributed by atoms with E-state index in [1.807, 2.05) is 54.6 Å². The van der Waals surface area contributed by atoms with Crippen molar-refractivity contribution in [2.75, 3.05) is 7.11 Å². The molecule has 2 aromatic rings. The lowest BCUT2D eigenvalue weighted by atomic mass is 9.85. The molecular weight excluding hydrogens is 248 g/mol. The number of benzene rings is 2. The fraction of sp³-hybridized carbons (Fsp3) is 0.167. The molecule has 0 N–H and O–H groups in total. The topological polar surface area (TPSA) is 26.3 Å². The van der Waals surface area contributed by atoms with Crippen molar-refractivity contribution in [1.29, 1.82) is 0 Å². The Kier molecular flexibility index (Phi) is 3.38. The van der Waals surface area contributed by atoms with E-state index in [-0.39, 0.29) is 5.78 Å². The molecule has 1 aliphatic rings. The minimum Gasteiger partial charge on any atom is -0.496 e. The third kappa shape index (κ3) is 2.25. The summed E-state index contributed by atoms with van der Waals surface area (Å²) in [6, 6.07) is 15.7. The molecule has 2 aromatic carbocycles. The van der Waals surface area contributed by atoms with Gasteiger partial charge in [-0.2, -0.15) is 0 Å². The van der Waals surface area contributed by atoms with E-state index in [9.17, 15) is 4.79 Å². The minimum absolute atomic E-state index is 0.119. The van der Waals surface area contributed by atoms with Crippen LogP contribution < -0.4 is 4.74 Å². The quantitative estimate of drug-likeness (QED) is 0.769. The van der Waals surface area contributed by atoms with Crippen LogP contribution in [0.4, 0.5) is 0 Å². The van der Waals surface area contributed by atoms with Crippen LogP contribution in [0.5, 0.6) is 5.75 Å². The molecule has 0 aliphatic heterocycles. The van der Waals surface area contributed by atoms with Gasteiger partial charge in [-0.05, 0) is 30.5 Å². The molecule has 0 fully saturated rings. The van der Waals surface area contributed by atoms with Crippen LogP contribution in [-0.4, -0.2) is 12.9 Å². The fourth-order valence-electron chi connectivity index (χ4n) is 2.66. The molecule has 0 saturated heterocycles. The first-order valence-corrected chi connectivity index (χ1v) is 6.76. The van der Waals surface area contributed by atoms with Crippen LogP contribution in [0.15, 0.2) is 54.1 Å². The fourth-order valence-corrected chi connectivity index (χ4v) is 2.66. The molecule has 0 heterocycles. The summed E-state index contributed by atoms with van der Waals surface area (Å²) in [5.41, 5.74) is 3.75. The molecule has 0 saturated carbocycles.